The number of ether oxygens (including phenoxy) is 1. The fraction of sp³-hybridized carbons (Fsp3) is 0.615. The van der Waals surface area contributed by atoms with E-state index in [0.717, 1.165) is 5.75 Å². The molecule has 0 radical (unpaired) electrons. The Morgan fingerprint density at radius 2 is 2.52 bits per heavy atom. The van der Waals surface area contributed by atoms with Crippen molar-refractivity contribution >= 4 is 17.7 Å². The molecule has 3 rings (SSSR count). The van der Waals surface area contributed by atoms with E-state index in [0.29, 0.717) is 24.7 Å². The Kier molecular flexibility index (Phi) is 3.76. The van der Waals surface area contributed by atoms with Crippen molar-refractivity contribution in [2.75, 3.05) is 18.9 Å². The van der Waals surface area contributed by atoms with Crippen molar-refractivity contribution in [1.82, 2.24) is 14.9 Å². The van der Waals surface area contributed by atoms with E-state index in [-0.39, 0.29) is 23.8 Å². The van der Waals surface area contributed by atoms with E-state index < -0.39 is 11.5 Å². The largest absolute Gasteiger partial charge is 0.385 e. The molecule has 21 heavy (non-hydrogen) atoms. The predicted molar refractivity (Wildman–Crippen MR) is 76.5 cm³/mol. The summed E-state index contributed by atoms with van der Waals surface area (Å²) in [5.74, 6) is 0.286. The highest BCUT2D eigenvalue weighted by molar-refractivity contribution is 7.99. The lowest BCUT2D eigenvalue weighted by Gasteiger charge is -2.26. The average molecular weight is 311 g/mol. The lowest BCUT2D eigenvalue weighted by atomic mass is 9.96. The highest BCUT2D eigenvalue weighted by Gasteiger charge is 2.39. The third-order valence-corrected chi connectivity index (χ3v) is 4.99. The van der Waals surface area contributed by atoms with Crippen molar-refractivity contribution in [1.29, 1.82) is 0 Å². The molecule has 2 aliphatic rings. The molecule has 0 aromatic carbocycles. The summed E-state index contributed by atoms with van der Waals surface area (Å²) in [6.45, 7) is 2.86. The Morgan fingerprint density at radius 3 is 3.24 bits per heavy atom. The van der Waals surface area contributed by atoms with Crippen LogP contribution in [0, 0.1) is 0 Å². The van der Waals surface area contributed by atoms with E-state index >= 15 is 0 Å². The molecule has 1 aromatic rings. The lowest BCUT2D eigenvalue weighted by Crippen LogP contribution is -2.48. The van der Waals surface area contributed by atoms with Crippen LogP contribution in [-0.2, 0) is 11.3 Å². The highest BCUT2D eigenvalue weighted by Crippen LogP contribution is 2.25. The zero-order chi connectivity index (χ0) is 15.0. The van der Waals surface area contributed by atoms with Crippen molar-refractivity contribution in [3.63, 3.8) is 0 Å². The smallest absolute Gasteiger partial charge is 0.267 e. The number of aliphatic hydroxyl groups is 1. The first-order valence-electron chi connectivity index (χ1n) is 6.86. The van der Waals surface area contributed by atoms with Gasteiger partial charge in [-0.2, -0.15) is 0 Å². The summed E-state index contributed by atoms with van der Waals surface area (Å²) < 4.78 is 6.82. The van der Waals surface area contributed by atoms with Gasteiger partial charge in [-0.05, 0) is 6.92 Å². The number of aromatic nitrogens is 2. The fourth-order valence-corrected chi connectivity index (χ4v) is 3.42. The van der Waals surface area contributed by atoms with Gasteiger partial charge in [-0.25, -0.2) is 4.98 Å². The molecule has 1 amide bonds. The quantitative estimate of drug-likeness (QED) is 0.739. The first-order chi connectivity index (χ1) is 10.0. The predicted octanol–water partition coefficient (Wildman–Crippen LogP) is -0.381. The summed E-state index contributed by atoms with van der Waals surface area (Å²) in [5, 5.41) is 13.6. The van der Waals surface area contributed by atoms with Crippen molar-refractivity contribution in [2.45, 2.75) is 36.8 Å². The molecule has 1 saturated heterocycles. The molecule has 114 valence electrons. The minimum Gasteiger partial charge on any atom is -0.385 e. The first kappa shape index (κ1) is 14.6. The second-order valence-electron chi connectivity index (χ2n) is 5.31. The van der Waals surface area contributed by atoms with Gasteiger partial charge in [0.15, 0.2) is 5.16 Å². The average Bonchev–Trinajstić information content (AvgIpc) is 3.05. The number of nitrogens with one attached hydrogen (secondary N) is 1. The van der Waals surface area contributed by atoms with Gasteiger partial charge in [-0.1, -0.05) is 11.8 Å². The number of hydrogen-bond donors (Lipinski definition) is 2. The van der Waals surface area contributed by atoms with Crippen LogP contribution in [0.3, 0.4) is 0 Å². The van der Waals surface area contributed by atoms with Crippen LogP contribution in [0.2, 0.25) is 0 Å². The van der Waals surface area contributed by atoms with Crippen LogP contribution in [0.4, 0.5) is 0 Å². The monoisotopic (exact) mass is 311 g/mol. The number of thioether (sulfide) groups is 1. The van der Waals surface area contributed by atoms with Crippen LogP contribution in [0.1, 0.15) is 23.7 Å². The Balaban J connectivity index is 1.73. The molecular formula is C13H17N3O4S. The van der Waals surface area contributed by atoms with Gasteiger partial charge in [-0.15, -0.1) is 0 Å². The van der Waals surface area contributed by atoms with Gasteiger partial charge >= 0.3 is 0 Å². The zero-order valence-corrected chi connectivity index (χ0v) is 12.5. The maximum Gasteiger partial charge on any atom is 0.267 e. The summed E-state index contributed by atoms with van der Waals surface area (Å²) in [4.78, 5) is 28.5. The topological polar surface area (TPSA) is 93.4 Å². The molecule has 1 fully saturated rings. The normalized spacial score (nSPS) is 27.6. The molecule has 0 aliphatic carbocycles. The lowest BCUT2D eigenvalue weighted by molar-refractivity contribution is -0.0251. The van der Waals surface area contributed by atoms with Gasteiger partial charge in [0.2, 0.25) is 0 Å². The van der Waals surface area contributed by atoms with Gasteiger partial charge in [0.1, 0.15) is 11.2 Å². The van der Waals surface area contributed by atoms with Gasteiger partial charge in [0.05, 0.1) is 6.10 Å². The maximum absolute atomic E-state index is 12.2. The number of rotatable bonds is 3. The molecule has 7 nitrogen and oxygen atoms in total. The van der Waals surface area contributed by atoms with Gasteiger partial charge in [-0.3, -0.25) is 14.2 Å². The van der Waals surface area contributed by atoms with Gasteiger partial charge in [0.25, 0.3) is 11.5 Å². The summed E-state index contributed by atoms with van der Waals surface area (Å²) in [6.07, 6.45) is 1.43. The molecule has 0 saturated carbocycles. The molecule has 2 unspecified atom stereocenters. The Hall–Kier alpha value is -1.38. The molecule has 1 aromatic heterocycles. The van der Waals surface area contributed by atoms with Crippen LogP contribution in [-0.4, -0.2) is 51.2 Å². The summed E-state index contributed by atoms with van der Waals surface area (Å²) in [6, 6.07) is 0. The molecule has 8 heteroatoms. The van der Waals surface area contributed by atoms with E-state index in [1.54, 1.807) is 6.92 Å². The van der Waals surface area contributed by atoms with Crippen LogP contribution in [0.15, 0.2) is 16.1 Å². The van der Waals surface area contributed by atoms with Crippen molar-refractivity contribution < 1.29 is 14.6 Å². The van der Waals surface area contributed by atoms with Crippen molar-refractivity contribution in [2.24, 2.45) is 0 Å². The van der Waals surface area contributed by atoms with E-state index in [9.17, 15) is 14.7 Å². The number of hydrogen-bond acceptors (Lipinski definition) is 6. The van der Waals surface area contributed by atoms with Crippen LogP contribution in [0.25, 0.3) is 0 Å². The third-order valence-electron chi connectivity index (χ3n) is 4.02. The molecule has 2 atom stereocenters. The second-order valence-corrected chi connectivity index (χ2v) is 6.37. The number of fused-ring (bicyclic) bond motifs is 1. The summed E-state index contributed by atoms with van der Waals surface area (Å²) >= 11 is 1.50. The minimum atomic E-state index is -1.08. The first-order valence-corrected chi connectivity index (χ1v) is 7.85. The standard InChI is InChI=1S/C13H17N3O4S/c1-8-13(19,2-4-20-8)7-15-10(17)9-6-14-12-16(11(9)18)3-5-21-12/h6,8,19H,2-5,7H2,1H3,(H,15,17). The molecule has 0 spiro atoms. The molecular weight excluding hydrogens is 294 g/mol. The molecule has 2 N–H and O–H groups in total. The Morgan fingerprint density at radius 1 is 1.71 bits per heavy atom. The summed E-state index contributed by atoms with van der Waals surface area (Å²) in [7, 11) is 0. The van der Waals surface area contributed by atoms with Gasteiger partial charge < -0.3 is 15.2 Å². The maximum atomic E-state index is 12.2. The molecule has 3 heterocycles. The zero-order valence-electron chi connectivity index (χ0n) is 11.7. The number of amides is 1. The van der Waals surface area contributed by atoms with Crippen molar-refractivity contribution in [3.8, 4) is 0 Å². The van der Waals surface area contributed by atoms with Crippen LogP contribution < -0.4 is 10.9 Å². The number of nitrogens with zero attached hydrogens (tertiary/aromatic N) is 2. The van der Waals surface area contributed by atoms with Crippen LogP contribution in [0.5, 0.6) is 0 Å². The van der Waals surface area contributed by atoms with E-state index in [2.05, 4.69) is 10.3 Å². The minimum absolute atomic E-state index is 0.0106. The highest BCUT2D eigenvalue weighted by atomic mass is 32.2. The summed E-state index contributed by atoms with van der Waals surface area (Å²) in [5.41, 5.74) is -1.40. The van der Waals surface area contributed by atoms with Gasteiger partial charge in [0, 0.05) is 38.1 Å². The molecule has 0 bridgehead atoms. The Labute approximate surface area is 125 Å². The van der Waals surface area contributed by atoms with Crippen molar-refractivity contribution in [3.05, 3.63) is 22.1 Å². The van der Waals surface area contributed by atoms with Crippen LogP contribution >= 0.6 is 11.8 Å². The second kappa shape index (κ2) is 5.43. The van der Waals surface area contributed by atoms with E-state index in [4.69, 9.17) is 4.74 Å². The number of carbonyl (C=O) groups is 1. The van der Waals surface area contributed by atoms with E-state index in [1.807, 2.05) is 0 Å². The Bertz CT molecular complexity index is 632. The number of carbonyl (C=O) groups excluding carboxylic acids is 1. The third kappa shape index (κ3) is 2.58. The fourth-order valence-electron chi connectivity index (χ4n) is 2.50. The van der Waals surface area contributed by atoms with E-state index in [1.165, 1.54) is 22.5 Å². The molecule has 2 aliphatic heterocycles. The SMILES string of the molecule is CC1OCCC1(O)CNC(=O)c1cnc2n(c1=O)CCS2.